The average molecular weight is 345 g/mol. The number of carbonyl (C=O) groups is 1. The van der Waals surface area contributed by atoms with Gasteiger partial charge in [0.25, 0.3) is 5.91 Å². The molecule has 0 spiro atoms. The molecule has 7 heteroatoms. The highest BCUT2D eigenvalue weighted by Crippen LogP contribution is 2.33. The lowest BCUT2D eigenvalue weighted by atomic mass is 10.1. The number of hydrogen-bond donors (Lipinski definition) is 1. The number of likely N-dealkylation sites (tertiary alicyclic amines) is 1. The van der Waals surface area contributed by atoms with Gasteiger partial charge in [0.05, 0.1) is 10.9 Å². The zero-order valence-corrected chi connectivity index (χ0v) is 14.2. The highest BCUT2D eigenvalue weighted by atomic mass is 32.2. The Kier molecular flexibility index (Phi) is 4.38. The standard InChI is InChI=1S/C17H19N3O3S/c1-12-4-5-14(11-16(12)24(18,22)23)17(21)20-10-2-3-15(20)13-6-8-19-9-7-13/h4-9,11,15H,2-3,10H2,1H3,(H2,18,22,23). The van der Waals surface area contributed by atoms with Gasteiger partial charge in [-0.2, -0.15) is 0 Å². The smallest absolute Gasteiger partial charge is 0.254 e. The summed E-state index contributed by atoms with van der Waals surface area (Å²) < 4.78 is 23.4. The molecule has 1 aliphatic heterocycles. The van der Waals surface area contributed by atoms with Crippen LogP contribution >= 0.6 is 0 Å². The van der Waals surface area contributed by atoms with Crippen molar-refractivity contribution in [3.63, 3.8) is 0 Å². The minimum atomic E-state index is -3.86. The maximum absolute atomic E-state index is 12.9. The Hall–Kier alpha value is -2.25. The monoisotopic (exact) mass is 345 g/mol. The van der Waals surface area contributed by atoms with Crippen LogP contribution in [-0.2, 0) is 10.0 Å². The van der Waals surface area contributed by atoms with Crippen molar-refractivity contribution in [3.8, 4) is 0 Å². The summed E-state index contributed by atoms with van der Waals surface area (Å²) in [4.78, 5) is 18.7. The van der Waals surface area contributed by atoms with Crippen molar-refractivity contribution >= 4 is 15.9 Å². The fourth-order valence-corrected chi connectivity index (χ4v) is 3.96. The number of sulfonamides is 1. The van der Waals surface area contributed by atoms with Crippen LogP contribution in [0.15, 0.2) is 47.6 Å². The molecule has 1 fully saturated rings. The number of amides is 1. The lowest BCUT2D eigenvalue weighted by Gasteiger charge is -2.25. The normalized spacial score (nSPS) is 17.9. The molecule has 3 rings (SSSR count). The first-order valence-corrected chi connectivity index (χ1v) is 9.27. The summed E-state index contributed by atoms with van der Waals surface area (Å²) in [7, 11) is -3.86. The van der Waals surface area contributed by atoms with E-state index in [0.29, 0.717) is 17.7 Å². The van der Waals surface area contributed by atoms with Crippen LogP contribution in [-0.4, -0.2) is 30.8 Å². The molecule has 1 unspecified atom stereocenters. The van der Waals surface area contributed by atoms with Crippen molar-refractivity contribution in [1.29, 1.82) is 0 Å². The van der Waals surface area contributed by atoms with Gasteiger partial charge in [-0.3, -0.25) is 9.78 Å². The van der Waals surface area contributed by atoms with E-state index in [0.717, 1.165) is 18.4 Å². The molecule has 2 N–H and O–H groups in total. The predicted octanol–water partition coefficient (Wildman–Crippen LogP) is 2.01. The van der Waals surface area contributed by atoms with E-state index in [-0.39, 0.29) is 16.8 Å². The van der Waals surface area contributed by atoms with Gasteiger partial charge in [0.15, 0.2) is 0 Å². The molecule has 24 heavy (non-hydrogen) atoms. The molecule has 1 amide bonds. The number of aryl methyl sites for hydroxylation is 1. The number of benzene rings is 1. The van der Waals surface area contributed by atoms with E-state index in [1.165, 1.54) is 6.07 Å². The molecule has 1 aliphatic rings. The van der Waals surface area contributed by atoms with Crippen LogP contribution in [0, 0.1) is 6.92 Å². The first-order chi connectivity index (χ1) is 11.4. The first kappa shape index (κ1) is 16.6. The van der Waals surface area contributed by atoms with Crippen LogP contribution in [0.5, 0.6) is 0 Å². The van der Waals surface area contributed by atoms with E-state index < -0.39 is 10.0 Å². The molecular weight excluding hydrogens is 326 g/mol. The zero-order valence-electron chi connectivity index (χ0n) is 13.3. The van der Waals surface area contributed by atoms with E-state index in [4.69, 9.17) is 5.14 Å². The Bertz CT molecular complexity index is 866. The van der Waals surface area contributed by atoms with Crippen LogP contribution in [0.2, 0.25) is 0 Å². The molecule has 1 aromatic carbocycles. The summed E-state index contributed by atoms with van der Waals surface area (Å²) in [6.45, 7) is 2.30. The van der Waals surface area contributed by atoms with Crippen molar-refractivity contribution in [2.45, 2.75) is 30.7 Å². The minimum absolute atomic E-state index is 0.00647. The third-order valence-electron chi connectivity index (χ3n) is 4.35. The lowest BCUT2D eigenvalue weighted by Crippen LogP contribution is -2.30. The van der Waals surface area contributed by atoms with Gasteiger partial charge in [0.2, 0.25) is 10.0 Å². The van der Waals surface area contributed by atoms with Crippen molar-refractivity contribution in [3.05, 3.63) is 59.4 Å². The SMILES string of the molecule is Cc1ccc(C(=O)N2CCCC2c2ccncc2)cc1S(N)(=O)=O. The summed E-state index contributed by atoms with van der Waals surface area (Å²) in [5, 5.41) is 5.24. The van der Waals surface area contributed by atoms with Gasteiger partial charge in [-0.1, -0.05) is 6.07 Å². The quantitative estimate of drug-likeness (QED) is 0.921. The van der Waals surface area contributed by atoms with Crippen LogP contribution in [0.3, 0.4) is 0 Å². The van der Waals surface area contributed by atoms with Gasteiger partial charge >= 0.3 is 0 Å². The van der Waals surface area contributed by atoms with E-state index >= 15 is 0 Å². The molecule has 2 heterocycles. The highest BCUT2D eigenvalue weighted by molar-refractivity contribution is 7.89. The molecule has 1 aromatic heterocycles. The van der Waals surface area contributed by atoms with Crippen LogP contribution in [0.1, 0.15) is 40.4 Å². The Morgan fingerprint density at radius 3 is 2.62 bits per heavy atom. The van der Waals surface area contributed by atoms with E-state index in [1.807, 2.05) is 12.1 Å². The molecule has 0 bridgehead atoms. The molecule has 0 saturated carbocycles. The third kappa shape index (κ3) is 3.18. The number of aromatic nitrogens is 1. The maximum Gasteiger partial charge on any atom is 0.254 e. The third-order valence-corrected chi connectivity index (χ3v) is 5.40. The van der Waals surface area contributed by atoms with Crippen molar-refractivity contribution < 1.29 is 13.2 Å². The number of rotatable bonds is 3. The molecule has 126 valence electrons. The summed E-state index contributed by atoms with van der Waals surface area (Å²) in [6.07, 6.45) is 5.21. The zero-order chi connectivity index (χ0) is 17.3. The lowest BCUT2D eigenvalue weighted by molar-refractivity contribution is 0.0735. The molecule has 1 atom stereocenters. The Morgan fingerprint density at radius 1 is 1.25 bits per heavy atom. The number of primary sulfonamides is 1. The fourth-order valence-electron chi connectivity index (χ4n) is 3.15. The van der Waals surface area contributed by atoms with Crippen LogP contribution in [0.25, 0.3) is 0 Å². The van der Waals surface area contributed by atoms with Gasteiger partial charge in [-0.05, 0) is 55.2 Å². The summed E-state index contributed by atoms with van der Waals surface area (Å²) in [6, 6.07) is 8.43. The summed E-state index contributed by atoms with van der Waals surface area (Å²) in [5.41, 5.74) is 1.90. The van der Waals surface area contributed by atoms with Crippen molar-refractivity contribution in [2.24, 2.45) is 5.14 Å². The number of carbonyl (C=O) groups excluding carboxylic acids is 1. The number of hydrogen-bond acceptors (Lipinski definition) is 4. The molecular formula is C17H19N3O3S. The van der Waals surface area contributed by atoms with E-state index in [1.54, 1.807) is 36.4 Å². The fraction of sp³-hybridized carbons (Fsp3) is 0.294. The van der Waals surface area contributed by atoms with Crippen molar-refractivity contribution in [2.75, 3.05) is 6.54 Å². The minimum Gasteiger partial charge on any atom is -0.332 e. The average Bonchev–Trinajstić information content (AvgIpc) is 3.04. The Balaban J connectivity index is 1.94. The molecule has 0 radical (unpaired) electrons. The molecule has 0 aliphatic carbocycles. The second kappa shape index (κ2) is 6.33. The number of pyridine rings is 1. The summed E-state index contributed by atoms with van der Waals surface area (Å²) in [5.74, 6) is -0.181. The number of nitrogens with zero attached hydrogens (tertiary/aromatic N) is 2. The molecule has 6 nitrogen and oxygen atoms in total. The van der Waals surface area contributed by atoms with Gasteiger partial charge in [0.1, 0.15) is 0 Å². The number of nitrogens with two attached hydrogens (primary N) is 1. The topological polar surface area (TPSA) is 93.4 Å². The van der Waals surface area contributed by atoms with Gasteiger partial charge in [-0.15, -0.1) is 0 Å². The molecule has 2 aromatic rings. The predicted molar refractivity (Wildman–Crippen MR) is 89.8 cm³/mol. The van der Waals surface area contributed by atoms with Gasteiger partial charge in [-0.25, -0.2) is 13.6 Å². The van der Waals surface area contributed by atoms with Gasteiger partial charge < -0.3 is 4.90 Å². The Morgan fingerprint density at radius 2 is 1.96 bits per heavy atom. The van der Waals surface area contributed by atoms with E-state index in [2.05, 4.69) is 4.98 Å². The van der Waals surface area contributed by atoms with E-state index in [9.17, 15) is 13.2 Å². The second-order valence-corrected chi connectivity index (χ2v) is 7.49. The maximum atomic E-state index is 12.9. The van der Waals surface area contributed by atoms with Crippen molar-refractivity contribution in [1.82, 2.24) is 9.88 Å². The first-order valence-electron chi connectivity index (χ1n) is 7.72. The highest BCUT2D eigenvalue weighted by Gasteiger charge is 2.31. The largest absolute Gasteiger partial charge is 0.332 e. The van der Waals surface area contributed by atoms with Crippen LogP contribution < -0.4 is 5.14 Å². The van der Waals surface area contributed by atoms with Gasteiger partial charge in [0, 0.05) is 24.5 Å². The summed E-state index contributed by atoms with van der Waals surface area (Å²) >= 11 is 0. The Labute approximate surface area is 141 Å². The molecule has 1 saturated heterocycles. The van der Waals surface area contributed by atoms with Crippen LogP contribution in [0.4, 0.5) is 0 Å². The second-order valence-electron chi connectivity index (χ2n) is 5.96.